The Morgan fingerprint density at radius 1 is 1.15 bits per heavy atom. The number of hydrogen-bond donors (Lipinski definition) is 2. The number of hydrogen-bond acceptors (Lipinski definition) is 5. The summed E-state index contributed by atoms with van der Waals surface area (Å²) >= 11 is 1.77. The number of carbonyl (C=O) groups excluding carboxylic acids is 2. The minimum absolute atomic E-state index is 0.106. The molecule has 1 saturated heterocycles. The van der Waals surface area contributed by atoms with Crippen LogP contribution in [-0.2, 0) is 22.5 Å². The lowest BCUT2D eigenvalue weighted by molar-refractivity contribution is -0.131. The first-order valence-electron chi connectivity index (χ1n) is 9.37. The van der Waals surface area contributed by atoms with Crippen molar-refractivity contribution >= 4 is 23.3 Å². The largest absolute Gasteiger partial charge is 0.379 e. The van der Waals surface area contributed by atoms with Crippen molar-refractivity contribution in [2.75, 3.05) is 52.5 Å². The molecular formula is C18H28N4O3S. The Morgan fingerprint density at radius 3 is 2.81 bits per heavy atom. The molecule has 7 nitrogen and oxygen atoms in total. The number of urea groups is 1. The summed E-state index contributed by atoms with van der Waals surface area (Å²) in [6.45, 7) is 7.01. The normalized spacial score (nSPS) is 17.6. The summed E-state index contributed by atoms with van der Waals surface area (Å²) in [5.74, 6) is 0.106. The molecule has 0 unspecified atom stereocenters. The van der Waals surface area contributed by atoms with Crippen molar-refractivity contribution in [2.24, 2.45) is 0 Å². The monoisotopic (exact) mass is 380 g/mol. The van der Waals surface area contributed by atoms with E-state index in [9.17, 15) is 9.59 Å². The van der Waals surface area contributed by atoms with E-state index in [1.807, 2.05) is 4.90 Å². The van der Waals surface area contributed by atoms with E-state index in [4.69, 9.17) is 4.74 Å². The minimum atomic E-state index is -0.196. The van der Waals surface area contributed by atoms with Gasteiger partial charge in [0.2, 0.25) is 5.91 Å². The number of fused-ring (bicyclic) bond motifs is 1. The first kappa shape index (κ1) is 19.1. The second-order valence-corrected chi connectivity index (χ2v) is 7.68. The van der Waals surface area contributed by atoms with E-state index in [-0.39, 0.29) is 11.9 Å². The van der Waals surface area contributed by atoms with Gasteiger partial charge in [0.1, 0.15) is 0 Å². The molecule has 3 amide bonds. The van der Waals surface area contributed by atoms with Crippen LogP contribution in [0.2, 0.25) is 0 Å². The Hall–Kier alpha value is -1.64. The zero-order valence-electron chi connectivity index (χ0n) is 15.2. The van der Waals surface area contributed by atoms with Crippen LogP contribution in [0.1, 0.15) is 23.3 Å². The van der Waals surface area contributed by atoms with Crippen LogP contribution in [0.15, 0.2) is 11.4 Å². The van der Waals surface area contributed by atoms with Gasteiger partial charge < -0.3 is 20.3 Å². The van der Waals surface area contributed by atoms with Crippen molar-refractivity contribution in [3.63, 3.8) is 0 Å². The zero-order valence-corrected chi connectivity index (χ0v) is 16.0. The second-order valence-electron chi connectivity index (χ2n) is 6.67. The van der Waals surface area contributed by atoms with Crippen LogP contribution in [0.4, 0.5) is 4.79 Å². The topological polar surface area (TPSA) is 73.9 Å². The fourth-order valence-electron chi connectivity index (χ4n) is 3.29. The highest BCUT2D eigenvalue weighted by atomic mass is 32.1. The maximum atomic E-state index is 12.3. The van der Waals surface area contributed by atoms with Gasteiger partial charge in [0, 0.05) is 50.6 Å². The lowest BCUT2D eigenvalue weighted by Gasteiger charge is -2.27. The number of ether oxygens (including phenoxy) is 1. The first-order valence-corrected chi connectivity index (χ1v) is 10.2. The summed E-state index contributed by atoms with van der Waals surface area (Å²) in [6, 6.07) is 1.90. The maximum Gasteiger partial charge on any atom is 0.314 e. The molecule has 1 aromatic rings. The van der Waals surface area contributed by atoms with Crippen molar-refractivity contribution in [1.29, 1.82) is 0 Å². The smallest absolute Gasteiger partial charge is 0.314 e. The Balaban J connectivity index is 1.24. The summed E-state index contributed by atoms with van der Waals surface area (Å²) in [7, 11) is 0. The molecule has 3 rings (SSSR count). The Kier molecular flexibility index (Phi) is 7.28. The SMILES string of the molecule is O=C(NCCCN1CCOCC1)NCCC(=O)N1CCc2sccc2C1. The van der Waals surface area contributed by atoms with E-state index in [1.54, 1.807) is 11.3 Å². The molecule has 1 fully saturated rings. The molecule has 1 aromatic heterocycles. The van der Waals surface area contributed by atoms with E-state index in [0.717, 1.165) is 52.2 Å². The quantitative estimate of drug-likeness (QED) is 0.694. The Bertz CT molecular complexity index is 601. The summed E-state index contributed by atoms with van der Waals surface area (Å²) in [5.41, 5.74) is 1.26. The highest BCUT2D eigenvalue weighted by molar-refractivity contribution is 7.10. The number of rotatable bonds is 7. The third kappa shape index (κ3) is 5.69. The van der Waals surface area contributed by atoms with Crippen LogP contribution < -0.4 is 10.6 Å². The number of thiophene rings is 1. The summed E-state index contributed by atoms with van der Waals surface area (Å²) in [6.07, 6.45) is 2.21. The first-order chi connectivity index (χ1) is 12.7. The van der Waals surface area contributed by atoms with E-state index in [1.165, 1.54) is 10.4 Å². The van der Waals surface area contributed by atoms with E-state index < -0.39 is 0 Å². The molecule has 0 bridgehead atoms. The van der Waals surface area contributed by atoms with Crippen LogP contribution in [-0.4, -0.2) is 74.2 Å². The Labute approximate surface area is 158 Å². The second kappa shape index (κ2) is 9.89. The molecule has 0 aromatic carbocycles. The number of amides is 3. The van der Waals surface area contributed by atoms with Crippen molar-refractivity contribution in [3.8, 4) is 0 Å². The van der Waals surface area contributed by atoms with Crippen LogP contribution >= 0.6 is 11.3 Å². The molecule has 0 aliphatic carbocycles. The van der Waals surface area contributed by atoms with Crippen molar-refractivity contribution in [3.05, 3.63) is 21.9 Å². The number of carbonyl (C=O) groups is 2. The number of nitrogens with one attached hydrogen (secondary N) is 2. The van der Waals surface area contributed by atoms with Gasteiger partial charge in [0.05, 0.1) is 13.2 Å². The maximum absolute atomic E-state index is 12.3. The van der Waals surface area contributed by atoms with Gasteiger partial charge >= 0.3 is 6.03 Å². The lowest BCUT2D eigenvalue weighted by Crippen LogP contribution is -2.41. The molecule has 0 spiro atoms. The molecule has 8 heteroatoms. The van der Waals surface area contributed by atoms with Gasteiger partial charge in [-0.05, 0) is 36.4 Å². The van der Waals surface area contributed by atoms with E-state index in [2.05, 4.69) is 27.0 Å². The third-order valence-corrected chi connectivity index (χ3v) is 5.85. The van der Waals surface area contributed by atoms with Crippen LogP contribution in [0, 0.1) is 0 Å². The molecular weight excluding hydrogens is 352 g/mol. The van der Waals surface area contributed by atoms with Gasteiger partial charge in [-0.15, -0.1) is 11.3 Å². The lowest BCUT2D eigenvalue weighted by atomic mass is 10.1. The van der Waals surface area contributed by atoms with Gasteiger partial charge in [-0.2, -0.15) is 0 Å². The van der Waals surface area contributed by atoms with Crippen molar-refractivity contribution in [2.45, 2.75) is 25.8 Å². The Morgan fingerprint density at radius 2 is 1.96 bits per heavy atom. The summed E-state index contributed by atoms with van der Waals surface area (Å²) in [4.78, 5) is 29.7. The molecule has 0 radical (unpaired) electrons. The van der Waals surface area contributed by atoms with Gasteiger partial charge in [-0.25, -0.2) is 4.79 Å². The van der Waals surface area contributed by atoms with Crippen LogP contribution in [0.5, 0.6) is 0 Å². The summed E-state index contributed by atoms with van der Waals surface area (Å²) in [5, 5.41) is 7.72. The van der Waals surface area contributed by atoms with Gasteiger partial charge in [0.15, 0.2) is 0 Å². The van der Waals surface area contributed by atoms with Gasteiger partial charge in [0.25, 0.3) is 0 Å². The van der Waals surface area contributed by atoms with Crippen molar-refractivity contribution in [1.82, 2.24) is 20.4 Å². The average Bonchev–Trinajstić information content (AvgIpc) is 3.14. The highest BCUT2D eigenvalue weighted by Gasteiger charge is 2.21. The number of nitrogens with zero attached hydrogens (tertiary/aromatic N) is 2. The predicted molar refractivity (Wildman–Crippen MR) is 101 cm³/mol. The average molecular weight is 381 g/mol. The standard InChI is InChI=1S/C18H28N4O3S/c23-17(22-8-3-16-15(14-22)4-13-26-16)2-6-20-18(24)19-5-1-7-21-9-11-25-12-10-21/h4,13H,1-3,5-12,14H2,(H2,19,20,24). The molecule has 2 N–H and O–H groups in total. The molecule has 0 atom stereocenters. The fraction of sp³-hybridized carbons (Fsp3) is 0.667. The zero-order chi connectivity index (χ0) is 18.2. The minimum Gasteiger partial charge on any atom is -0.379 e. The number of morpholine rings is 1. The third-order valence-electron chi connectivity index (χ3n) is 4.83. The van der Waals surface area contributed by atoms with E-state index in [0.29, 0.717) is 26.1 Å². The van der Waals surface area contributed by atoms with Crippen LogP contribution in [0.25, 0.3) is 0 Å². The molecule has 2 aliphatic rings. The molecule has 2 aliphatic heterocycles. The van der Waals surface area contributed by atoms with Crippen molar-refractivity contribution < 1.29 is 14.3 Å². The highest BCUT2D eigenvalue weighted by Crippen LogP contribution is 2.24. The molecule has 144 valence electrons. The molecule has 26 heavy (non-hydrogen) atoms. The van der Waals surface area contributed by atoms with Gasteiger partial charge in [-0.3, -0.25) is 9.69 Å². The van der Waals surface area contributed by atoms with E-state index >= 15 is 0 Å². The summed E-state index contributed by atoms with van der Waals surface area (Å²) < 4.78 is 5.31. The predicted octanol–water partition coefficient (Wildman–Crippen LogP) is 1.04. The van der Waals surface area contributed by atoms with Gasteiger partial charge in [-0.1, -0.05) is 0 Å². The molecule has 3 heterocycles. The van der Waals surface area contributed by atoms with Crippen LogP contribution in [0.3, 0.4) is 0 Å². The fourth-order valence-corrected chi connectivity index (χ4v) is 4.18. The molecule has 0 saturated carbocycles.